The number of fused-ring (bicyclic) bond motifs is 3. The van der Waals surface area contributed by atoms with Crippen LogP contribution in [0.25, 0.3) is 10.9 Å². The summed E-state index contributed by atoms with van der Waals surface area (Å²) in [6, 6.07) is 7.44. The highest BCUT2D eigenvalue weighted by atomic mass is 19.3. The number of para-hydroxylation sites is 1. The molecule has 1 unspecified atom stereocenters. The van der Waals surface area contributed by atoms with Gasteiger partial charge in [0.15, 0.2) is 11.6 Å². The lowest BCUT2D eigenvalue weighted by atomic mass is 9.87. The number of aromatic amines is 1. The quantitative estimate of drug-likeness (QED) is 0.249. The third-order valence-electron chi connectivity index (χ3n) is 7.07. The van der Waals surface area contributed by atoms with Crippen molar-refractivity contribution in [1.29, 1.82) is 0 Å². The number of nitrogens with one attached hydrogen (secondary N) is 2. The van der Waals surface area contributed by atoms with Crippen LogP contribution in [0.5, 0.6) is 5.75 Å². The molecule has 1 aliphatic heterocycles. The Hall–Kier alpha value is -3.38. The number of aliphatic hydroxyl groups excluding tert-OH is 1. The standard InChI is InChI=1S/C27H30F5N3O4/c1-15-10-18-17-4-2-3-5-20(17)34-24(18)25(35(15)13-27(31,32)14-36)22-19(29)6-7-21(23(22)30)39-9-8-16(11-28)12-33-26(37)38/h2-7,15-16,25,33-34,36H,8-14H2,1H3,(H,37,38)/t15-,16?,25-/m1/s1. The highest BCUT2D eigenvalue weighted by molar-refractivity contribution is 5.85. The minimum absolute atomic E-state index is 0.0460. The zero-order chi connectivity index (χ0) is 28.3. The van der Waals surface area contributed by atoms with Gasteiger partial charge < -0.3 is 25.3 Å². The lowest BCUT2D eigenvalue weighted by Gasteiger charge is -2.42. The molecule has 0 radical (unpaired) electrons. The number of rotatable bonds is 11. The number of hydrogen-bond donors (Lipinski definition) is 4. The van der Waals surface area contributed by atoms with Gasteiger partial charge in [0.2, 0.25) is 0 Å². The number of carbonyl (C=O) groups is 1. The molecule has 0 spiro atoms. The fraction of sp³-hybridized carbons (Fsp3) is 0.444. The summed E-state index contributed by atoms with van der Waals surface area (Å²) in [5.41, 5.74) is 1.33. The fourth-order valence-electron chi connectivity index (χ4n) is 5.09. The molecule has 12 heteroatoms. The van der Waals surface area contributed by atoms with Gasteiger partial charge in [0.05, 0.1) is 31.4 Å². The van der Waals surface area contributed by atoms with Gasteiger partial charge in [-0.05, 0) is 43.5 Å². The van der Waals surface area contributed by atoms with Crippen LogP contribution in [-0.2, 0) is 6.42 Å². The number of H-pyrrole nitrogens is 1. The number of halogens is 5. The summed E-state index contributed by atoms with van der Waals surface area (Å²) in [7, 11) is 0. The number of amides is 1. The van der Waals surface area contributed by atoms with Crippen LogP contribution in [0.4, 0.5) is 26.7 Å². The van der Waals surface area contributed by atoms with E-state index < -0.39 is 67.0 Å². The Labute approximate surface area is 221 Å². The summed E-state index contributed by atoms with van der Waals surface area (Å²) < 4.78 is 79.0. The van der Waals surface area contributed by atoms with Crippen molar-refractivity contribution in [3.63, 3.8) is 0 Å². The molecule has 2 aromatic carbocycles. The highest BCUT2D eigenvalue weighted by Gasteiger charge is 2.43. The van der Waals surface area contributed by atoms with Gasteiger partial charge in [-0.15, -0.1) is 0 Å². The van der Waals surface area contributed by atoms with Crippen molar-refractivity contribution < 1.29 is 41.7 Å². The molecule has 3 atom stereocenters. The molecule has 4 N–H and O–H groups in total. The maximum Gasteiger partial charge on any atom is 0.404 e. The first-order chi connectivity index (χ1) is 18.6. The Morgan fingerprint density at radius 3 is 2.69 bits per heavy atom. The molecule has 1 aromatic heterocycles. The van der Waals surface area contributed by atoms with Crippen molar-refractivity contribution in [2.75, 3.05) is 33.0 Å². The average Bonchev–Trinajstić information content (AvgIpc) is 3.26. The summed E-state index contributed by atoms with van der Waals surface area (Å²) in [4.78, 5) is 15.1. The van der Waals surface area contributed by atoms with Gasteiger partial charge in [0, 0.05) is 35.1 Å². The Morgan fingerprint density at radius 1 is 1.26 bits per heavy atom. The fourth-order valence-corrected chi connectivity index (χ4v) is 5.09. The number of aromatic nitrogens is 1. The topological polar surface area (TPSA) is 97.8 Å². The van der Waals surface area contributed by atoms with Crippen LogP contribution < -0.4 is 10.1 Å². The summed E-state index contributed by atoms with van der Waals surface area (Å²) in [6.07, 6.45) is -0.922. The monoisotopic (exact) mass is 555 g/mol. The van der Waals surface area contributed by atoms with Gasteiger partial charge in [-0.3, -0.25) is 9.29 Å². The van der Waals surface area contributed by atoms with Gasteiger partial charge in [0.25, 0.3) is 5.92 Å². The van der Waals surface area contributed by atoms with Gasteiger partial charge in [-0.2, -0.15) is 0 Å². The summed E-state index contributed by atoms with van der Waals surface area (Å²) in [5.74, 6) is -6.64. The van der Waals surface area contributed by atoms with E-state index in [1.54, 1.807) is 19.1 Å². The normalized spacial score (nSPS) is 18.6. The number of hydrogen-bond acceptors (Lipinski definition) is 4. The highest BCUT2D eigenvalue weighted by Crippen LogP contribution is 2.44. The lowest BCUT2D eigenvalue weighted by molar-refractivity contribution is -0.0869. The van der Waals surface area contributed by atoms with Crippen LogP contribution in [0.2, 0.25) is 0 Å². The van der Waals surface area contributed by atoms with E-state index >= 15 is 8.78 Å². The molecule has 3 aromatic rings. The molecule has 1 amide bonds. The van der Waals surface area contributed by atoms with Crippen LogP contribution in [0.15, 0.2) is 36.4 Å². The first kappa shape index (κ1) is 28.6. The van der Waals surface area contributed by atoms with Crippen molar-refractivity contribution in [3.8, 4) is 5.75 Å². The minimum Gasteiger partial charge on any atom is -0.490 e. The largest absolute Gasteiger partial charge is 0.490 e. The Bertz CT molecular complexity index is 1320. The van der Waals surface area contributed by atoms with Crippen molar-refractivity contribution in [2.45, 2.75) is 37.8 Å². The summed E-state index contributed by atoms with van der Waals surface area (Å²) >= 11 is 0. The third-order valence-corrected chi connectivity index (χ3v) is 7.07. The van der Waals surface area contributed by atoms with Gasteiger partial charge in [-0.25, -0.2) is 22.4 Å². The van der Waals surface area contributed by atoms with E-state index in [0.29, 0.717) is 17.6 Å². The molecule has 39 heavy (non-hydrogen) atoms. The first-order valence-electron chi connectivity index (χ1n) is 12.5. The molecule has 0 fully saturated rings. The third kappa shape index (κ3) is 6.11. The van der Waals surface area contributed by atoms with Crippen molar-refractivity contribution >= 4 is 17.0 Å². The smallest absolute Gasteiger partial charge is 0.404 e. The van der Waals surface area contributed by atoms with Crippen LogP contribution >= 0.6 is 0 Å². The Morgan fingerprint density at radius 2 is 2.00 bits per heavy atom. The molecular formula is C27H30F5N3O4. The zero-order valence-electron chi connectivity index (χ0n) is 21.2. The van der Waals surface area contributed by atoms with E-state index in [4.69, 9.17) is 9.84 Å². The number of carboxylic acid groups (broad SMARTS) is 1. The second-order valence-corrected chi connectivity index (χ2v) is 9.82. The Balaban J connectivity index is 1.72. The van der Waals surface area contributed by atoms with Crippen LogP contribution in [-0.4, -0.2) is 71.1 Å². The second-order valence-electron chi connectivity index (χ2n) is 9.82. The van der Waals surface area contributed by atoms with Crippen LogP contribution in [0.3, 0.4) is 0 Å². The molecule has 212 valence electrons. The number of aliphatic hydroxyl groups is 1. The van der Waals surface area contributed by atoms with E-state index in [9.17, 15) is 23.1 Å². The maximum atomic E-state index is 15.9. The molecule has 2 heterocycles. The minimum atomic E-state index is -3.53. The molecule has 0 saturated carbocycles. The van der Waals surface area contributed by atoms with E-state index in [1.807, 2.05) is 12.1 Å². The zero-order valence-corrected chi connectivity index (χ0v) is 21.2. The lowest BCUT2D eigenvalue weighted by Crippen LogP contribution is -2.49. The van der Waals surface area contributed by atoms with Gasteiger partial charge in [-0.1, -0.05) is 18.2 Å². The molecule has 4 rings (SSSR count). The SMILES string of the molecule is C[C@@H]1Cc2c([nH]c3ccccc23)[C@@H](c2c(F)ccc(OCCC(CF)CNC(=O)O)c2F)N1CC(F)(F)CO. The van der Waals surface area contributed by atoms with Crippen molar-refractivity contribution in [3.05, 3.63) is 64.9 Å². The van der Waals surface area contributed by atoms with Gasteiger partial charge >= 0.3 is 6.09 Å². The second kappa shape index (κ2) is 11.8. The number of ether oxygens (including phenoxy) is 1. The van der Waals surface area contributed by atoms with Gasteiger partial charge in [0.1, 0.15) is 12.4 Å². The first-order valence-corrected chi connectivity index (χ1v) is 12.5. The van der Waals surface area contributed by atoms with E-state index in [-0.39, 0.29) is 25.3 Å². The Kier molecular flexibility index (Phi) is 8.65. The molecular weight excluding hydrogens is 525 g/mol. The molecule has 7 nitrogen and oxygen atoms in total. The van der Waals surface area contributed by atoms with E-state index in [2.05, 4.69) is 10.3 Å². The summed E-state index contributed by atoms with van der Waals surface area (Å²) in [5, 5.41) is 20.8. The van der Waals surface area contributed by atoms with Crippen molar-refractivity contribution in [1.82, 2.24) is 15.2 Å². The number of nitrogens with zero attached hydrogens (tertiary/aromatic N) is 1. The average molecular weight is 556 g/mol. The predicted octanol–water partition coefficient (Wildman–Crippen LogP) is 5.03. The van der Waals surface area contributed by atoms with E-state index in [0.717, 1.165) is 23.1 Å². The van der Waals surface area contributed by atoms with Crippen LogP contribution in [0, 0.1) is 17.6 Å². The van der Waals surface area contributed by atoms with Crippen molar-refractivity contribution in [2.24, 2.45) is 5.92 Å². The molecule has 1 aliphatic rings. The maximum absolute atomic E-state index is 15.9. The van der Waals surface area contributed by atoms with E-state index in [1.165, 1.54) is 4.90 Å². The molecule has 0 saturated heterocycles. The van der Waals surface area contributed by atoms with Crippen LogP contribution in [0.1, 0.15) is 36.2 Å². The molecule has 0 aliphatic carbocycles. The molecule has 0 bridgehead atoms. The predicted molar refractivity (Wildman–Crippen MR) is 134 cm³/mol. The number of alkyl halides is 3. The number of benzene rings is 2. The summed E-state index contributed by atoms with van der Waals surface area (Å²) in [6.45, 7) is -1.88.